The average Bonchev–Trinajstić information content (AvgIpc) is 2.36. The van der Waals surface area contributed by atoms with Crippen molar-refractivity contribution in [2.75, 3.05) is 5.88 Å². The number of nitrogens with one attached hydrogen (secondary N) is 1. The Morgan fingerprint density at radius 1 is 1.16 bits per heavy atom. The first-order valence-corrected chi connectivity index (χ1v) is 6.81. The normalized spacial score (nSPS) is 15.3. The molecule has 108 valence electrons. The van der Waals surface area contributed by atoms with E-state index in [4.69, 9.17) is 11.6 Å². The van der Waals surface area contributed by atoms with Crippen LogP contribution in [0, 0.1) is 0 Å². The van der Waals surface area contributed by atoms with Crippen molar-refractivity contribution in [3.05, 3.63) is 35.4 Å². The molecule has 1 nitrogen and oxygen atoms in total. The second-order valence-corrected chi connectivity index (χ2v) is 5.28. The third-order valence-corrected chi connectivity index (χ3v) is 3.62. The van der Waals surface area contributed by atoms with Gasteiger partial charge in [0.25, 0.3) is 0 Å². The van der Waals surface area contributed by atoms with Crippen LogP contribution in [0.15, 0.2) is 24.3 Å². The zero-order valence-corrected chi connectivity index (χ0v) is 11.9. The van der Waals surface area contributed by atoms with Crippen LogP contribution >= 0.6 is 11.6 Å². The molecule has 0 bridgehead atoms. The molecule has 0 aliphatic heterocycles. The number of benzene rings is 1. The van der Waals surface area contributed by atoms with E-state index in [1.807, 2.05) is 0 Å². The van der Waals surface area contributed by atoms with Crippen LogP contribution in [-0.2, 0) is 12.7 Å². The summed E-state index contributed by atoms with van der Waals surface area (Å²) in [5.41, 5.74) is 0.141. The number of alkyl halides is 4. The molecule has 1 rings (SSSR count). The third kappa shape index (κ3) is 5.03. The Labute approximate surface area is 117 Å². The molecular weight excluding hydrogens is 275 g/mol. The molecule has 0 aliphatic carbocycles. The van der Waals surface area contributed by atoms with Crippen LogP contribution in [0.4, 0.5) is 13.2 Å². The minimum atomic E-state index is -4.28. The monoisotopic (exact) mass is 293 g/mol. The van der Waals surface area contributed by atoms with E-state index in [0.717, 1.165) is 30.5 Å². The van der Waals surface area contributed by atoms with Gasteiger partial charge in [-0.1, -0.05) is 19.1 Å². The first kappa shape index (κ1) is 16.3. The lowest BCUT2D eigenvalue weighted by atomic mass is 9.95. The van der Waals surface area contributed by atoms with Gasteiger partial charge in [0, 0.05) is 18.0 Å². The van der Waals surface area contributed by atoms with Crippen LogP contribution in [-0.4, -0.2) is 11.4 Å². The van der Waals surface area contributed by atoms with E-state index < -0.39 is 11.7 Å². The largest absolute Gasteiger partial charge is 0.416 e. The average molecular weight is 294 g/mol. The molecule has 1 unspecified atom stereocenters. The van der Waals surface area contributed by atoms with E-state index in [1.165, 1.54) is 12.1 Å². The third-order valence-electron chi connectivity index (χ3n) is 3.43. The summed E-state index contributed by atoms with van der Waals surface area (Å²) in [5, 5.41) is 3.36. The molecule has 0 aromatic heterocycles. The smallest absolute Gasteiger partial charge is 0.307 e. The molecule has 0 heterocycles. The van der Waals surface area contributed by atoms with E-state index in [1.54, 1.807) is 0 Å². The summed E-state index contributed by atoms with van der Waals surface area (Å²) < 4.78 is 37.3. The maximum absolute atomic E-state index is 12.4. The minimum absolute atomic E-state index is 0.0789. The highest BCUT2D eigenvalue weighted by atomic mass is 35.5. The topological polar surface area (TPSA) is 12.0 Å². The molecule has 0 amide bonds. The fraction of sp³-hybridized carbons (Fsp3) is 0.571. The van der Waals surface area contributed by atoms with Gasteiger partial charge in [-0.05, 0) is 37.5 Å². The van der Waals surface area contributed by atoms with Gasteiger partial charge in [0.15, 0.2) is 0 Å². The number of hydrogen-bond acceptors (Lipinski definition) is 1. The molecule has 1 atom stereocenters. The van der Waals surface area contributed by atoms with Crippen LogP contribution in [0.5, 0.6) is 0 Å². The van der Waals surface area contributed by atoms with Crippen molar-refractivity contribution in [1.29, 1.82) is 0 Å². The summed E-state index contributed by atoms with van der Waals surface area (Å²) in [6.07, 6.45) is -2.53. The lowest BCUT2D eigenvalue weighted by molar-refractivity contribution is -0.137. The Morgan fingerprint density at radius 3 is 2.16 bits per heavy atom. The fourth-order valence-electron chi connectivity index (χ4n) is 1.73. The predicted octanol–water partition coefficient (Wildman–Crippen LogP) is 4.59. The van der Waals surface area contributed by atoms with Gasteiger partial charge in [-0.15, -0.1) is 11.6 Å². The van der Waals surface area contributed by atoms with E-state index in [2.05, 4.69) is 19.2 Å². The molecule has 1 aromatic carbocycles. The van der Waals surface area contributed by atoms with Crippen molar-refractivity contribution in [3.63, 3.8) is 0 Å². The van der Waals surface area contributed by atoms with Crippen LogP contribution in [0.25, 0.3) is 0 Å². The summed E-state index contributed by atoms with van der Waals surface area (Å²) in [6, 6.07) is 5.24. The van der Waals surface area contributed by atoms with Crippen molar-refractivity contribution in [1.82, 2.24) is 5.32 Å². The van der Waals surface area contributed by atoms with Gasteiger partial charge in [0.05, 0.1) is 5.56 Å². The number of hydrogen-bond donors (Lipinski definition) is 1. The Bertz CT molecular complexity index is 389. The highest BCUT2D eigenvalue weighted by Gasteiger charge is 2.30. The van der Waals surface area contributed by atoms with Crippen LogP contribution < -0.4 is 5.32 Å². The standard InChI is InChI=1S/C14H19ClF3N/c1-3-13(2,8-9-15)19-10-11-4-6-12(7-5-11)14(16,17)18/h4-7,19H,3,8-10H2,1-2H3. The molecule has 0 aliphatic rings. The molecule has 19 heavy (non-hydrogen) atoms. The summed E-state index contributed by atoms with van der Waals surface area (Å²) in [4.78, 5) is 0. The molecular formula is C14H19ClF3N. The van der Waals surface area contributed by atoms with Crippen molar-refractivity contribution in [2.45, 2.75) is 44.9 Å². The Kier molecular flexibility index (Phi) is 5.68. The predicted molar refractivity (Wildman–Crippen MR) is 72.3 cm³/mol. The van der Waals surface area contributed by atoms with Crippen molar-refractivity contribution in [2.24, 2.45) is 0 Å². The minimum Gasteiger partial charge on any atom is -0.307 e. The maximum atomic E-state index is 12.4. The Hall–Kier alpha value is -0.740. The first-order valence-electron chi connectivity index (χ1n) is 6.28. The molecule has 1 aromatic rings. The SMILES string of the molecule is CCC(C)(CCCl)NCc1ccc(C(F)(F)F)cc1. The summed E-state index contributed by atoms with van der Waals surface area (Å²) in [7, 11) is 0. The van der Waals surface area contributed by atoms with Gasteiger partial charge in [0.1, 0.15) is 0 Å². The van der Waals surface area contributed by atoms with Crippen LogP contribution in [0.1, 0.15) is 37.8 Å². The molecule has 0 spiro atoms. The van der Waals surface area contributed by atoms with Crippen LogP contribution in [0.3, 0.4) is 0 Å². The van der Waals surface area contributed by atoms with Gasteiger partial charge in [-0.3, -0.25) is 0 Å². The van der Waals surface area contributed by atoms with E-state index in [9.17, 15) is 13.2 Å². The molecule has 0 saturated carbocycles. The quantitative estimate of drug-likeness (QED) is 0.756. The second kappa shape index (κ2) is 6.62. The fourth-order valence-corrected chi connectivity index (χ4v) is 2.14. The first-order chi connectivity index (χ1) is 8.80. The molecule has 0 saturated heterocycles. The van der Waals surface area contributed by atoms with Crippen molar-refractivity contribution < 1.29 is 13.2 Å². The van der Waals surface area contributed by atoms with Gasteiger partial charge in [0.2, 0.25) is 0 Å². The number of halogens is 4. The highest BCUT2D eigenvalue weighted by molar-refractivity contribution is 6.17. The van der Waals surface area contributed by atoms with Crippen molar-refractivity contribution in [3.8, 4) is 0 Å². The second-order valence-electron chi connectivity index (χ2n) is 4.90. The van der Waals surface area contributed by atoms with Gasteiger partial charge >= 0.3 is 6.18 Å². The van der Waals surface area contributed by atoms with E-state index in [-0.39, 0.29) is 5.54 Å². The molecule has 5 heteroatoms. The van der Waals surface area contributed by atoms with Gasteiger partial charge < -0.3 is 5.32 Å². The maximum Gasteiger partial charge on any atom is 0.416 e. The molecule has 0 radical (unpaired) electrons. The zero-order chi connectivity index (χ0) is 14.5. The Balaban J connectivity index is 2.64. The van der Waals surface area contributed by atoms with Crippen LogP contribution in [0.2, 0.25) is 0 Å². The number of rotatable bonds is 6. The van der Waals surface area contributed by atoms with E-state index >= 15 is 0 Å². The van der Waals surface area contributed by atoms with Gasteiger partial charge in [-0.25, -0.2) is 0 Å². The molecule has 1 N–H and O–H groups in total. The Morgan fingerprint density at radius 2 is 1.74 bits per heavy atom. The lowest BCUT2D eigenvalue weighted by Gasteiger charge is -2.29. The molecule has 0 fully saturated rings. The highest BCUT2D eigenvalue weighted by Crippen LogP contribution is 2.29. The van der Waals surface area contributed by atoms with Crippen molar-refractivity contribution >= 4 is 11.6 Å². The lowest BCUT2D eigenvalue weighted by Crippen LogP contribution is -2.41. The summed E-state index contributed by atoms with van der Waals surface area (Å²) in [5.74, 6) is 0.560. The van der Waals surface area contributed by atoms with Gasteiger partial charge in [-0.2, -0.15) is 13.2 Å². The zero-order valence-electron chi connectivity index (χ0n) is 11.1. The van der Waals surface area contributed by atoms with E-state index in [0.29, 0.717) is 12.4 Å². The summed E-state index contributed by atoms with van der Waals surface area (Å²) in [6.45, 7) is 4.67. The summed E-state index contributed by atoms with van der Waals surface area (Å²) >= 11 is 5.75.